The van der Waals surface area contributed by atoms with E-state index >= 15 is 0 Å². The number of anilines is 1. The molecule has 0 spiro atoms. The maximum Gasteiger partial charge on any atom is 0.241 e. The Bertz CT molecular complexity index is 806. The van der Waals surface area contributed by atoms with Crippen molar-refractivity contribution < 1.29 is 13.9 Å². The predicted molar refractivity (Wildman–Crippen MR) is 98.5 cm³/mol. The Kier molecular flexibility index (Phi) is 6.03. The van der Waals surface area contributed by atoms with Crippen LogP contribution in [0.2, 0.25) is 0 Å². The lowest BCUT2D eigenvalue weighted by Gasteiger charge is -2.26. The van der Waals surface area contributed by atoms with E-state index in [1.807, 2.05) is 0 Å². The van der Waals surface area contributed by atoms with E-state index in [0.29, 0.717) is 24.7 Å². The molecule has 1 saturated carbocycles. The summed E-state index contributed by atoms with van der Waals surface area (Å²) >= 11 is 0. The van der Waals surface area contributed by atoms with Crippen LogP contribution >= 0.6 is 12.4 Å². The Hall–Kier alpha value is -2.10. The van der Waals surface area contributed by atoms with Crippen molar-refractivity contribution in [3.05, 3.63) is 29.8 Å². The maximum absolute atomic E-state index is 14.3. The molecule has 1 amide bonds. The molecule has 3 N–H and O–H groups in total. The van der Waals surface area contributed by atoms with Gasteiger partial charge in [-0.3, -0.25) is 4.79 Å². The number of carbonyl (C=O) groups is 1. The molecule has 1 aliphatic carbocycles. The minimum atomic E-state index is -0.623. The van der Waals surface area contributed by atoms with Crippen molar-refractivity contribution in [3.63, 3.8) is 0 Å². The molecule has 2 aliphatic rings. The third kappa shape index (κ3) is 4.26. The van der Waals surface area contributed by atoms with E-state index in [2.05, 4.69) is 20.8 Å². The normalized spacial score (nSPS) is 18.6. The van der Waals surface area contributed by atoms with Gasteiger partial charge in [0, 0.05) is 24.8 Å². The van der Waals surface area contributed by atoms with Crippen LogP contribution in [0.5, 0.6) is 0 Å². The van der Waals surface area contributed by atoms with E-state index in [1.165, 1.54) is 22.9 Å². The number of rotatable bonds is 5. The van der Waals surface area contributed by atoms with Crippen LogP contribution in [0.25, 0.3) is 5.69 Å². The number of hydrogen-bond acceptors (Lipinski definition) is 6. The summed E-state index contributed by atoms with van der Waals surface area (Å²) in [6, 6.07) is 3.71. The smallest absolute Gasteiger partial charge is 0.241 e. The molecule has 0 bridgehead atoms. The lowest BCUT2D eigenvalue weighted by Crippen LogP contribution is -2.44. The van der Waals surface area contributed by atoms with Crippen molar-refractivity contribution >= 4 is 24.0 Å². The van der Waals surface area contributed by atoms with Crippen molar-refractivity contribution in [2.75, 3.05) is 18.5 Å². The van der Waals surface area contributed by atoms with Gasteiger partial charge in [-0.2, -0.15) is 4.68 Å². The lowest BCUT2D eigenvalue weighted by atomic mass is 9.92. The van der Waals surface area contributed by atoms with Gasteiger partial charge in [-0.25, -0.2) is 4.39 Å². The summed E-state index contributed by atoms with van der Waals surface area (Å²) in [5.74, 6) is 0.264. The summed E-state index contributed by atoms with van der Waals surface area (Å²) < 4.78 is 21.0. The standard InChI is InChI=1S/C17H21FN6O2.ClH/c18-13-4-3-12(20-17(25)15(19)10-5-7-26-8-6-10)9-14(13)24-16(11-1-2-11)21-22-23-24;/h3-4,9-11,15H,1-2,5-8,19H2,(H,20,25);1H. The highest BCUT2D eigenvalue weighted by Crippen LogP contribution is 2.39. The van der Waals surface area contributed by atoms with Gasteiger partial charge in [0.1, 0.15) is 11.5 Å². The molecule has 1 saturated heterocycles. The molecule has 1 unspecified atom stereocenters. The number of benzene rings is 1. The number of carbonyl (C=O) groups excluding carboxylic acids is 1. The zero-order chi connectivity index (χ0) is 18.1. The number of nitrogens with one attached hydrogen (secondary N) is 1. The summed E-state index contributed by atoms with van der Waals surface area (Å²) in [5, 5.41) is 14.3. The van der Waals surface area contributed by atoms with Crippen LogP contribution < -0.4 is 11.1 Å². The number of amides is 1. The third-order valence-corrected chi connectivity index (χ3v) is 4.95. The summed E-state index contributed by atoms with van der Waals surface area (Å²) in [6.07, 6.45) is 3.52. The Balaban J connectivity index is 0.00000210. The van der Waals surface area contributed by atoms with Crippen molar-refractivity contribution in [1.82, 2.24) is 20.2 Å². The molecule has 1 aromatic heterocycles. The minimum absolute atomic E-state index is 0. The highest BCUT2D eigenvalue weighted by atomic mass is 35.5. The summed E-state index contributed by atoms with van der Waals surface area (Å²) in [7, 11) is 0. The molecule has 1 aromatic carbocycles. The lowest BCUT2D eigenvalue weighted by molar-refractivity contribution is -0.119. The fourth-order valence-corrected chi connectivity index (χ4v) is 3.23. The number of tetrazole rings is 1. The highest BCUT2D eigenvalue weighted by Gasteiger charge is 2.31. The van der Waals surface area contributed by atoms with E-state index in [-0.39, 0.29) is 35.8 Å². The zero-order valence-electron chi connectivity index (χ0n) is 14.7. The number of ether oxygens (including phenoxy) is 1. The van der Waals surface area contributed by atoms with Crippen LogP contribution in [-0.2, 0) is 9.53 Å². The van der Waals surface area contributed by atoms with Gasteiger partial charge in [-0.05, 0) is 60.2 Å². The first-order chi connectivity index (χ1) is 12.6. The van der Waals surface area contributed by atoms with Gasteiger partial charge in [0.05, 0.1) is 6.04 Å². The Morgan fingerprint density at radius 1 is 1.30 bits per heavy atom. The molecule has 1 aliphatic heterocycles. The number of hydrogen-bond donors (Lipinski definition) is 2. The molecular weight excluding hydrogens is 375 g/mol. The van der Waals surface area contributed by atoms with Crippen molar-refractivity contribution in [2.24, 2.45) is 11.7 Å². The summed E-state index contributed by atoms with van der Waals surface area (Å²) in [6.45, 7) is 1.24. The first-order valence-corrected chi connectivity index (χ1v) is 8.86. The van der Waals surface area contributed by atoms with Crippen LogP contribution in [0.3, 0.4) is 0 Å². The number of nitrogens with zero attached hydrogens (tertiary/aromatic N) is 4. The Morgan fingerprint density at radius 3 is 2.74 bits per heavy atom. The van der Waals surface area contributed by atoms with Gasteiger partial charge in [0.15, 0.2) is 5.82 Å². The van der Waals surface area contributed by atoms with Gasteiger partial charge in [-0.15, -0.1) is 17.5 Å². The second-order valence-electron chi connectivity index (χ2n) is 6.85. The molecule has 4 rings (SSSR count). The van der Waals surface area contributed by atoms with Crippen LogP contribution in [-0.4, -0.2) is 45.4 Å². The van der Waals surface area contributed by atoms with Gasteiger partial charge in [0.2, 0.25) is 5.91 Å². The summed E-state index contributed by atoms with van der Waals surface area (Å²) in [4.78, 5) is 12.5. The van der Waals surface area contributed by atoms with Gasteiger partial charge in [0.25, 0.3) is 0 Å². The van der Waals surface area contributed by atoms with Crippen LogP contribution in [0.4, 0.5) is 10.1 Å². The average molecular weight is 397 g/mol. The molecule has 8 nitrogen and oxygen atoms in total. The van der Waals surface area contributed by atoms with E-state index in [0.717, 1.165) is 25.7 Å². The number of aromatic nitrogens is 4. The monoisotopic (exact) mass is 396 g/mol. The van der Waals surface area contributed by atoms with Crippen LogP contribution in [0, 0.1) is 11.7 Å². The fourth-order valence-electron chi connectivity index (χ4n) is 3.23. The molecule has 0 radical (unpaired) electrons. The van der Waals surface area contributed by atoms with Gasteiger partial charge < -0.3 is 15.8 Å². The molecule has 2 aromatic rings. The molecule has 27 heavy (non-hydrogen) atoms. The maximum atomic E-state index is 14.3. The van der Waals surface area contributed by atoms with E-state index in [1.54, 1.807) is 0 Å². The second kappa shape index (κ2) is 8.28. The van der Waals surface area contributed by atoms with Crippen molar-refractivity contribution in [2.45, 2.75) is 37.6 Å². The van der Waals surface area contributed by atoms with E-state index in [9.17, 15) is 9.18 Å². The molecule has 2 heterocycles. The minimum Gasteiger partial charge on any atom is -0.381 e. The van der Waals surface area contributed by atoms with Crippen molar-refractivity contribution in [3.8, 4) is 5.69 Å². The topological polar surface area (TPSA) is 108 Å². The van der Waals surface area contributed by atoms with E-state index in [4.69, 9.17) is 10.5 Å². The average Bonchev–Trinajstić information content (AvgIpc) is 3.40. The summed E-state index contributed by atoms with van der Waals surface area (Å²) in [5.41, 5.74) is 6.78. The van der Waals surface area contributed by atoms with Gasteiger partial charge in [-0.1, -0.05) is 0 Å². The SMILES string of the molecule is Cl.NC(C(=O)Nc1ccc(F)c(-n2nnnc2C2CC2)c1)C1CCOCC1. The number of nitrogens with two attached hydrogens (primary N) is 1. The molecule has 10 heteroatoms. The highest BCUT2D eigenvalue weighted by molar-refractivity contribution is 5.95. The Morgan fingerprint density at radius 2 is 2.04 bits per heavy atom. The second-order valence-corrected chi connectivity index (χ2v) is 6.85. The largest absolute Gasteiger partial charge is 0.381 e. The molecule has 1 atom stereocenters. The third-order valence-electron chi connectivity index (χ3n) is 4.95. The molecule has 146 valence electrons. The quantitative estimate of drug-likeness (QED) is 0.797. The first-order valence-electron chi connectivity index (χ1n) is 8.86. The first kappa shape index (κ1) is 19.7. The molecule has 2 fully saturated rings. The van der Waals surface area contributed by atoms with Crippen molar-refractivity contribution in [1.29, 1.82) is 0 Å². The number of halogens is 2. The Labute approximate surface area is 162 Å². The zero-order valence-corrected chi connectivity index (χ0v) is 15.5. The fraction of sp³-hybridized carbons (Fsp3) is 0.529. The molecular formula is C17H22ClFN6O2. The predicted octanol–water partition coefficient (Wildman–Crippen LogP) is 1.79. The van der Waals surface area contributed by atoms with Crippen LogP contribution in [0.1, 0.15) is 37.4 Å². The van der Waals surface area contributed by atoms with Gasteiger partial charge >= 0.3 is 0 Å². The van der Waals surface area contributed by atoms with E-state index < -0.39 is 11.9 Å². The van der Waals surface area contributed by atoms with Crippen LogP contribution in [0.15, 0.2) is 18.2 Å².